The lowest BCUT2D eigenvalue weighted by Gasteiger charge is -2.51. The van der Waals surface area contributed by atoms with Gasteiger partial charge in [0.15, 0.2) is 0 Å². The summed E-state index contributed by atoms with van der Waals surface area (Å²) in [6.07, 6.45) is 23.0. The van der Waals surface area contributed by atoms with Crippen molar-refractivity contribution in [3.8, 4) is 5.75 Å². The lowest BCUT2D eigenvalue weighted by atomic mass is 9.52. The average Bonchev–Trinajstić information content (AvgIpc) is 3.65. The van der Waals surface area contributed by atoms with Gasteiger partial charge >= 0.3 is 0 Å². The number of nitrogens with zero attached hydrogens (tertiary/aromatic N) is 1. The van der Waals surface area contributed by atoms with Crippen LogP contribution in [0.2, 0.25) is 0 Å². The second kappa shape index (κ2) is 13.9. The van der Waals surface area contributed by atoms with Crippen molar-refractivity contribution in [3.05, 3.63) is 81.8 Å². The standard InChI is InChI=1S/C42H56N2O2/c1-27-23-29(3)43-40(27)36(41-28(2)24-30(4)44-41)16-14-12-10-8-6-7-9-11-13-15-31-25-32-26-33(45)17-18-34(32)35-21-22-42(5)37(39(31)35)19-20-38(42)46/h11,13,17-18,23-24,26,31,35,37,39,43,45H,6-10,12,14-16,19-22,25H2,1-5H3/b13-11+,41-36-/t31-,35-,37+,39-,42+/m1/s1. The number of fused-ring (bicyclic) bond motifs is 5. The summed E-state index contributed by atoms with van der Waals surface area (Å²) < 4.78 is 0. The normalized spacial score (nSPS) is 28.2. The summed E-state index contributed by atoms with van der Waals surface area (Å²) in [7, 11) is 0. The molecule has 4 nitrogen and oxygen atoms in total. The number of aliphatic imine (C=N–C) groups is 1. The van der Waals surface area contributed by atoms with Crippen molar-refractivity contribution in [2.75, 3.05) is 0 Å². The maximum Gasteiger partial charge on any atom is 0.139 e. The number of ketones is 1. The van der Waals surface area contributed by atoms with Crippen LogP contribution in [0.5, 0.6) is 5.75 Å². The molecule has 46 heavy (non-hydrogen) atoms. The SMILES string of the molecule is CC1=CC(C)=N/C1=C(/CCCCCCCC/C=C/C[C@@H]1Cc2cc(O)ccc2[C@H]2CC[C@]3(C)C(=O)CC[C@H]3[C@H]12)c1[nH]c(C)cc1C. The highest BCUT2D eigenvalue weighted by Gasteiger charge is 2.56. The van der Waals surface area contributed by atoms with Gasteiger partial charge in [0.1, 0.15) is 11.5 Å². The lowest BCUT2D eigenvalue weighted by molar-refractivity contribution is -0.130. The lowest BCUT2D eigenvalue weighted by Crippen LogP contribution is -2.46. The zero-order valence-corrected chi connectivity index (χ0v) is 29.1. The number of nitrogens with one attached hydrogen (secondary N) is 1. The predicted octanol–water partition coefficient (Wildman–Crippen LogP) is 10.9. The molecule has 2 heterocycles. The first kappa shape index (κ1) is 32.8. The summed E-state index contributed by atoms with van der Waals surface area (Å²) in [6.45, 7) is 10.9. The van der Waals surface area contributed by atoms with Crippen molar-refractivity contribution >= 4 is 17.1 Å². The third-order valence-electron chi connectivity index (χ3n) is 12.1. The Morgan fingerprint density at radius 3 is 2.54 bits per heavy atom. The van der Waals surface area contributed by atoms with Crippen LogP contribution in [-0.2, 0) is 11.2 Å². The van der Waals surface area contributed by atoms with Gasteiger partial charge in [-0.1, -0.05) is 50.8 Å². The second-order valence-electron chi connectivity index (χ2n) is 15.3. The van der Waals surface area contributed by atoms with Gasteiger partial charge in [-0.15, -0.1) is 0 Å². The van der Waals surface area contributed by atoms with Crippen LogP contribution in [0.15, 0.2) is 58.8 Å². The molecule has 6 rings (SSSR count). The van der Waals surface area contributed by atoms with Crippen molar-refractivity contribution in [1.29, 1.82) is 0 Å². The Labute approximate surface area is 277 Å². The van der Waals surface area contributed by atoms with E-state index in [2.05, 4.69) is 70.0 Å². The molecule has 0 radical (unpaired) electrons. The molecule has 0 spiro atoms. The van der Waals surface area contributed by atoms with Gasteiger partial charge in [0.2, 0.25) is 0 Å². The molecule has 1 aromatic carbocycles. The molecule has 2 N–H and O–H groups in total. The molecule has 0 bridgehead atoms. The number of aryl methyl sites for hydroxylation is 2. The Balaban J connectivity index is 0.961. The Morgan fingerprint density at radius 1 is 1.02 bits per heavy atom. The van der Waals surface area contributed by atoms with Gasteiger partial charge < -0.3 is 10.1 Å². The molecule has 2 fully saturated rings. The predicted molar refractivity (Wildman–Crippen MR) is 191 cm³/mol. The highest BCUT2D eigenvalue weighted by molar-refractivity contribution is 5.99. The van der Waals surface area contributed by atoms with Crippen molar-refractivity contribution in [2.24, 2.45) is 28.2 Å². The minimum Gasteiger partial charge on any atom is -0.508 e. The maximum absolute atomic E-state index is 13.0. The Morgan fingerprint density at radius 2 is 1.80 bits per heavy atom. The molecule has 0 saturated heterocycles. The maximum atomic E-state index is 13.0. The van der Waals surface area contributed by atoms with Gasteiger partial charge in [-0.3, -0.25) is 9.79 Å². The third-order valence-corrected chi connectivity index (χ3v) is 12.1. The molecule has 246 valence electrons. The van der Waals surface area contributed by atoms with Crippen LogP contribution in [0, 0.1) is 37.0 Å². The summed E-state index contributed by atoms with van der Waals surface area (Å²) in [5, 5.41) is 10.2. The van der Waals surface area contributed by atoms with Gasteiger partial charge in [-0.2, -0.15) is 0 Å². The molecule has 1 aliphatic heterocycles. The fraction of sp³-hybridized carbons (Fsp3) is 0.571. The zero-order valence-electron chi connectivity index (χ0n) is 29.1. The van der Waals surface area contributed by atoms with E-state index in [4.69, 9.17) is 4.99 Å². The van der Waals surface area contributed by atoms with E-state index in [1.807, 2.05) is 12.1 Å². The van der Waals surface area contributed by atoms with Crippen molar-refractivity contribution in [2.45, 2.75) is 130 Å². The largest absolute Gasteiger partial charge is 0.508 e. The van der Waals surface area contributed by atoms with Crippen molar-refractivity contribution < 1.29 is 9.90 Å². The number of phenolic OH excluding ortho intramolecular Hbond substituents is 1. The molecule has 3 aliphatic carbocycles. The number of aromatic nitrogens is 1. The molecule has 4 heteroatoms. The minimum absolute atomic E-state index is 0.116. The Bertz CT molecular complexity index is 1570. The molecule has 2 aromatic rings. The second-order valence-corrected chi connectivity index (χ2v) is 15.3. The first-order chi connectivity index (χ1) is 22.2. The molecular weight excluding hydrogens is 564 g/mol. The number of hydrogen-bond acceptors (Lipinski definition) is 3. The first-order valence-corrected chi connectivity index (χ1v) is 18.3. The highest BCUT2D eigenvalue weighted by atomic mass is 16.3. The van der Waals surface area contributed by atoms with Crippen LogP contribution >= 0.6 is 0 Å². The zero-order chi connectivity index (χ0) is 32.4. The Hall–Kier alpha value is -3.14. The molecule has 2 saturated carbocycles. The first-order valence-electron chi connectivity index (χ1n) is 18.3. The fourth-order valence-electron chi connectivity index (χ4n) is 9.83. The number of phenols is 1. The molecule has 1 aromatic heterocycles. The monoisotopic (exact) mass is 620 g/mol. The molecule has 5 atom stereocenters. The smallest absolute Gasteiger partial charge is 0.139 e. The number of benzene rings is 1. The fourth-order valence-corrected chi connectivity index (χ4v) is 9.83. The van der Waals surface area contributed by atoms with Gasteiger partial charge in [0, 0.05) is 34.5 Å². The van der Waals surface area contributed by atoms with Gasteiger partial charge in [0.25, 0.3) is 0 Å². The third kappa shape index (κ3) is 6.64. The number of Topliss-reactive ketones (excluding diaryl/α,β-unsaturated/α-hetero) is 1. The number of allylic oxidation sites excluding steroid dienone is 5. The van der Waals surface area contributed by atoms with Gasteiger partial charge in [0.05, 0.1) is 5.70 Å². The van der Waals surface area contributed by atoms with E-state index in [1.165, 1.54) is 83.4 Å². The number of carbonyl (C=O) groups excluding carboxylic acids is 1. The van der Waals surface area contributed by atoms with E-state index in [0.717, 1.165) is 57.1 Å². The number of H-pyrrole nitrogens is 1. The molecular formula is C42H56N2O2. The van der Waals surface area contributed by atoms with E-state index in [-0.39, 0.29) is 5.41 Å². The van der Waals surface area contributed by atoms with Crippen LogP contribution in [0.1, 0.15) is 138 Å². The van der Waals surface area contributed by atoms with Crippen LogP contribution in [0.3, 0.4) is 0 Å². The van der Waals surface area contributed by atoms with Crippen LogP contribution < -0.4 is 0 Å². The summed E-state index contributed by atoms with van der Waals surface area (Å²) >= 11 is 0. The summed E-state index contributed by atoms with van der Waals surface area (Å²) in [5.41, 5.74) is 11.4. The number of unbranched alkanes of at least 4 members (excludes halogenated alkanes) is 6. The van der Waals surface area contributed by atoms with Crippen molar-refractivity contribution in [3.63, 3.8) is 0 Å². The summed E-state index contributed by atoms with van der Waals surface area (Å²) in [4.78, 5) is 21.5. The van der Waals surface area contributed by atoms with Crippen LogP contribution in [0.4, 0.5) is 0 Å². The summed E-state index contributed by atoms with van der Waals surface area (Å²) in [6, 6.07) is 8.30. The molecule has 0 amide bonds. The summed E-state index contributed by atoms with van der Waals surface area (Å²) in [5.74, 6) is 3.08. The van der Waals surface area contributed by atoms with E-state index in [1.54, 1.807) is 0 Å². The van der Waals surface area contributed by atoms with E-state index >= 15 is 0 Å². The Kier molecular flexibility index (Phi) is 9.92. The topological polar surface area (TPSA) is 65.5 Å². The minimum atomic E-state index is -0.116. The number of carbonyl (C=O) groups is 1. The van der Waals surface area contributed by atoms with Gasteiger partial charge in [-0.25, -0.2) is 0 Å². The van der Waals surface area contributed by atoms with Crippen LogP contribution in [0.25, 0.3) is 5.57 Å². The van der Waals surface area contributed by atoms with Gasteiger partial charge in [-0.05, 0) is 156 Å². The number of hydrogen-bond donors (Lipinski definition) is 2. The number of aromatic hydroxyl groups is 1. The van der Waals surface area contributed by atoms with E-state index in [0.29, 0.717) is 35.2 Å². The average molecular weight is 621 g/mol. The van der Waals surface area contributed by atoms with Crippen LogP contribution in [-0.4, -0.2) is 21.6 Å². The quantitative estimate of drug-likeness (QED) is 0.183. The van der Waals surface area contributed by atoms with E-state index < -0.39 is 0 Å². The van der Waals surface area contributed by atoms with E-state index in [9.17, 15) is 9.90 Å². The number of rotatable bonds is 12. The number of aromatic amines is 1. The molecule has 0 unspecified atom stereocenters. The van der Waals surface area contributed by atoms with Crippen molar-refractivity contribution in [1.82, 2.24) is 4.98 Å². The molecule has 4 aliphatic rings. The highest BCUT2D eigenvalue weighted by Crippen LogP contribution is 2.61.